The van der Waals surface area contributed by atoms with Crippen LogP contribution >= 0.6 is 0 Å². The number of hydrogen-bond acceptors (Lipinski definition) is 4. The maximum atomic E-state index is 12.2. The van der Waals surface area contributed by atoms with Crippen molar-refractivity contribution < 1.29 is 9.53 Å². The normalized spacial score (nSPS) is 11.4. The lowest BCUT2D eigenvalue weighted by Crippen LogP contribution is -2.08. The van der Waals surface area contributed by atoms with Crippen molar-refractivity contribution in [2.45, 2.75) is 6.92 Å². The molecule has 0 saturated carbocycles. The molecule has 0 aliphatic heterocycles. The molecule has 0 radical (unpaired) electrons. The van der Waals surface area contributed by atoms with Gasteiger partial charge in [0.1, 0.15) is 0 Å². The lowest BCUT2D eigenvalue weighted by Gasteiger charge is -2.09. The average Bonchev–Trinajstić information content (AvgIpc) is 3.06. The van der Waals surface area contributed by atoms with Crippen LogP contribution < -0.4 is 5.32 Å². The third kappa shape index (κ3) is 3.23. The van der Waals surface area contributed by atoms with Crippen LogP contribution in [0.1, 0.15) is 12.5 Å². The molecule has 2 heterocycles. The molecule has 116 valence electrons. The maximum Gasteiger partial charge on any atom is 0.340 e. The van der Waals surface area contributed by atoms with Gasteiger partial charge in [-0.15, -0.1) is 0 Å². The number of nitrogens with zero attached hydrogens (tertiary/aromatic N) is 2. The third-order valence-corrected chi connectivity index (χ3v) is 3.37. The van der Waals surface area contributed by atoms with Crippen molar-refractivity contribution in [3.05, 3.63) is 72.8 Å². The molecule has 0 unspecified atom stereocenters. The molecule has 0 saturated heterocycles. The number of carbonyl (C=O) groups is 1. The number of benzene rings is 1. The van der Waals surface area contributed by atoms with Crippen molar-refractivity contribution in [1.29, 1.82) is 0 Å². The summed E-state index contributed by atoms with van der Waals surface area (Å²) in [5.41, 5.74) is 2.88. The van der Waals surface area contributed by atoms with Crippen LogP contribution in [0.4, 0.5) is 5.69 Å². The average molecular weight is 307 g/mol. The largest absolute Gasteiger partial charge is 0.462 e. The Labute approximate surface area is 134 Å². The van der Waals surface area contributed by atoms with Gasteiger partial charge in [-0.1, -0.05) is 30.3 Å². The Balaban J connectivity index is 1.95. The zero-order valence-electron chi connectivity index (χ0n) is 12.8. The van der Waals surface area contributed by atoms with Crippen LogP contribution in [0.3, 0.4) is 0 Å². The van der Waals surface area contributed by atoms with E-state index in [0.717, 1.165) is 16.9 Å². The number of rotatable bonds is 5. The Bertz CT molecular complexity index is 838. The summed E-state index contributed by atoms with van der Waals surface area (Å²) >= 11 is 0. The molecule has 23 heavy (non-hydrogen) atoms. The molecular formula is C18H17N3O2. The Kier molecular flexibility index (Phi) is 4.38. The second-order valence-corrected chi connectivity index (χ2v) is 4.87. The van der Waals surface area contributed by atoms with E-state index < -0.39 is 0 Å². The minimum atomic E-state index is -0.360. The van der Waals surface area contributed by atoms with Crippen molar-refractivity contribution in [3.8, 4) is 0 Å². The standard InChI is InChI=1S/C18H17N3O2/c1-2-23-18(22)15(14-7-4-3-5-8-14)13-20-16-9-6-11-21-12-10-19-17(16)21/h3-13,20H,2H2,1H3/b15-13-. The van der Waals surface area contributed by atoms with Crippen molar-refractivity contribution in [3.63, 3.8) is 0 Å². The molecule has 0 aliphatic carbocycles. The number of ether oxygens (including phenoxy) is 1. The Morgan fingerprint density at radius 1 is 1.22 bits per heavy atom. The molecule has 3 rings (SSSR count). The highest BCUT2D eigenvalue weighted by Crippen LogP contribution is 2.19. The van der Waals surface area contributed by atoms with Crippen LogP contribution in [0.15, 0.2) is 67.3 Å². The van der Waals surface area contributed by atoms with Gasteiger partial charge in [-0.2, -0.15) is 0 Å². The summed E-state index contributed by atoms with van der Waals surface area (Å²) in [4.78, 5) is 16.5. The van der Waals surface area contributed by atoms with E-state index in [1.165, 1.54) is 0 Å². The van der Waals surface area contributed by atoms with Crippen LogP contribution in [-0.2, 0) is 9.53 Å². The summed E-state index contributed by atoms with van der Waals surface area (Å²) < 4.78 is 7.06. The molecule has 3 aromatic rings. The Morgan fingerprint density at radius 3 is 2.83 bits per heavy atom. The van der Waals surface area contributed by atoms with E-state index in [9.17, 15) is 4.79 Å². The Hall–Kier alpha value is -3.08. The predicted octanol–water partition coefficient (Wildman–Crippen LogP) is 3.35. The van der Waals surface area contributed by atoms with E-state index in [1.807, 2.05) is 59.3 Å². The number of nitrogens with one attached hydrogen (secondary N) is 1. The molecule has 5 nitrogen and oxygen atoms in total. The van der Waals surface area contributed by atoms with Crippen LogP contribution in [0.25, 0.3) is 11.2 Å². The fourth-order valence-corrected chi connectivity index (χ4v) is 2.30. The van der Waals surface area contributed by atoms with Crippen LogP contribution in [-0.4, -0.2) is 22.0 Å². The molecule has 1 aromatic carbocycles. The van der Waals surface area contributed by atoms with Gasteiger partial charge in [-0.25, -0.2) is 9.78 Å². The minimum Gasteiger partial charge on any atom is -0.462 e. The first-order valence-electron chi connectivity index (χ1n) is 7.40. The summed E-state index contributed by atoms with van der Waals surface area (Å²) in [6.45, 7) is 2.12. The van der Waals surface area contributed by atoms with Crippen molar-refractivity contribution in [1.82, 2.24) is 9.38 Å². The zero-order valence-corrected chi connectivity index (χ0v) is 12.8. The van der Waals surface area contributed by atoms with E-state index in [1.54, 1.807) is 19.3 Å². The van der Waals surface area contributed by atoms with Gasteiger partial charge in [-0.3, -0.25) is 0 Å². The van der Waals surface area contributed by atoms with E-state index in [2.05, 4.69) is 10.3 Å². The van der Waals surface area contributed by atoms with Crippen LogP contribution in [0.2, 0.25) is 0 Å². The second kappa shape index (κ2) is 6.79. The van der Waals surface area contributed by atoms with Gasteiger partial charge < -0.3 is 14.5 Å². The third-order valence-electron chi connectivity index (χ3n) is 3.37. The fraction of sp³-hybridized carbons (Fsp3) is 0.111. The van der Waals surface area contributed by atoms with Gasteiger partial charge in [0.25, 0.3) is 0 Å². The number of fused-ring (bicyclic) bond motifs is 1. The molecule has 0 amide bonds. The number of carbonyl (C=O) groups excluding carboxylic acids is 1. The fourth-order valence-electron chi connectivity index (χ4n) is 2.30. The smallest absolute Gasteiger partial charge is 0.340 e. The molecule has 0 spiro atoms. The highest BCUT2D eigenvalue weighted by Gasteiger charge is 2.13. The van der Waals surface area contributed by atoms with E-state index in [0.29, 0.717) is 12.2 Å². The molecule has 5 heteroatoms. The SMILES string of the molecule is CCOC(=O)/C(=C\Nc1cccn2ccnc12)c1ccccc1. The van der Waals surface area contributed by atoms with E-state index in [4.69, 9.17) is 4.74 Å². The first kappa shape index (κ1) is 14.8. The highest BCUT2D eigenvalue weighted by atomic mass is 16.5. The number of imidazole rings is 1. The molecule has 2 aromatic heterocycles. The second-order valence-electron chi connectivity index (χ2n) is 4.87. The number of esters is 1. The summed E-state index contributed by atoms with van der Waals surface area (Å²) in [6, 6.07) is 13.3. The Morgan fingerprint density at radius 2 is 2.04 bits per heavy atom. The van der Waals surface area contributed by atoms with Crippen LogP contribution in [0, 0.1) is 0 Å². The first-order chi connectivity index (χ1) is 11.3. The quantitative estimate of drug-likeness (QED) is 0.580. The molecule has 0 bridgehead atoms. The summed E-state index contributed by atoms with van der Waals surface area (Å²) in [5.74, 6) is -0.360. The molecule has 0 aliphatic rings. The molecular weight excluding hydrogens is 290 g/mol. The number of pyridine rings is 1. The van der Waals surface area contributed by atoms with Gasteiger partial charge in [0.05, 0.1) is 17.9 Å². The van der Waals surface area contributed by atoms with E-state index in [-0.39, 0.29) is 5.97 Å². The van der Waals surface area contributed by atoms with E-state index >= 15 is 0 Å². The minimum absolute atomic E-state index is 0.332. The number of hydrogen-bond donors (Lipinski definition) is 1. The summed E-state index contributed by atoms with van der Waals surface area (Å²) in [6.07, 6.45) is 7.18. The lowest BCUT2D eigenvalue weighted by atomic mass is 10.1. The lowest BCUT2D eigenvalue weighted by molar-refractivity contribution is -0.136. The van der Waals surface area contributed by atoms with Crippen molar-refractivity contribution >= 4 is 22.9 Å². The number of anilines is 1. The van der Waals surface area contributed by atoms with Gasteiger partial charge in [0.2, 0.25) is 0 Å². The van der Waals surface area contributed by atoms with Gasteiger partial charge in [-0.05, 0) is 24.6 Å². The maximum absolute atomic E-state index is 12.2. The predicted molar refractivity (Wildman–Crippen MR) is 89.9 cm³/mol. The first-order valence-corrected chi connectivity index (χ1v) is 7.40. The highest BCUT2D eigenvalue weighted by molar-refractivity contribution is 6.16. The topological polar surface area (TPSA) is 55.6 Å². The summed E-state index contributed by atoms with van der Waals surface area (Å²) in [5, 5.41) is 3.17. The van der Waals surface area contributed by atoms with Crippen molar-refractivity contribution in [2.75, 3.05) is 11.9 Å². The molecule has 1 N–H and O–H groups in total. The zero-order chi connectivity index (χ0) is 16.1. The molecule has 0 fully saturated rings. The monoisotopic (exact) mass is 307 g/mol. The van der Waals surface area contributed by atoms with Crippen molar-refractivity contribution in [2.24, 2.45) is 0 Å². The van der Waals surface area contributed by atoms with Gasteiger partial charge >= 0.3 is 5.97 Å². The number of aromatic nitrogens is 2. The molecule has 0 atom stereocenters. The van der Waals surface area contributed by atoms with Crippen LogP contribution in [0.5, 0.6) is 0 Å². The summed E-state index contributed by atoms with van der Waals surface area (Å²) in [7, 11) is 0. The van der Waals surface area contributed by atoms with Gasteiger partial charge in [0.15, 0.2) is 5.65 Å². The van der Waals surface area contributed by atoms with Gasteiger partial charge in [0, 0.05) is 24.8 Å².